The van der Waals surface area contributed by atoms with Crippen LogP contribution in [0.4, 0.5) is 0 Å². The van der Waals surface area contributed by atoms with E-state index in [2.05, 4.69) is 12.2 Å². The number of amides is 1. The lowest BCUT2D eigenvalue weighted by atomic mass is 10.1. The second kappa shape index (κ2) is 8.90. The highest BCUT2D eigenvalue weighted by molar-refractivity contribution is 6.36. The lowest BCUT2D eigenvalue weighted by Gasteiger charge is -2.21. The summed E-state index contributed by atoms with van der Waals surface area (Å²) in [6, 6.07) is 4.79. The lowest BCUT2D eigenvalue weighted by molar-refractivity contribution is -0.117. The molecule has 0 radical (unpaired) electrons. The van der Waals surface area contributed by atoms with Gasteiger partial charge >= 0.3 is 0 Å². The van der Waals surface area contributed by atoms with Crippen LogP contribution in [0.3, 0.4) is 0 Å². The first kappa shape index (κ1) is 18.6. The quantitative estimate of drug-likeness (QED) is 0.581. The molecule has 0 unspecified atom stereocenters. The fourth-order valence-corrected chi connectivity index (χ4v) is 2.83. The van der Waals surface area contributed by atoms with Crippen molar-refractivity contribution in [3.63, 3.8) is 0 Å². The molecular weight excluding hydrogens is 347 g/mol. The molecule has 0 aliphatic carbocycles. The van der Waals surface area contributed by atoms with Crippen LogP contribution < -0.4 is 5.32 Å². The summed E-state index contributed by atoms with van der Waals surface area (Å²) in [5, 5.41) is 3.70. The van der Waals surface area contributed by atoms with E-state index in [1.165, 1.54) is 0 Å². The van der Waals surface area contributed by atoms with Gasteiger partial charge in [0, 0.05) is 35.1 Å². The summed E-state index contributed by atoms with van der Waals surface area (Å²) in [5.41, 5.74) is 1.06. The van der Waals surface area contributed by atoms with Gasteiger partial charge in [-0.05, 0) is 31.0 Å². The fraction of sp³-hybridized carbons (Fsp3) is 0.333. The monoisotopic (exact) mass is 366 g/mol. The molecule has 0 bridgehead atoms. The molecule has 1 aliphatic rings. The minimum absolute atomic E-state index is 0.0882. The van der Waals surface area contributed by atoms with Crippen molar-refractivity contribution in [1.29, 1.82) is 0 Å². The number of benzene rings is 1. The Bertz CT molecular complexity index is 684. The van der Waals surface area contributed by atoms with Crippen LogP contribution >= 0.6 is 23.2 Å². The van der Waals surface area contributed by atoms with Crippen LogP contribution in [0.15, 0.2) is 42.2 Å². The van der Waals surface area contributed by atoms with Crippen molar-refractivity contribution in [1.82, 2.24) is 10.2 Å². The first-order chi connectivity index (χ1) is 11.5. The molecule has 1 heterocycles. The Balaban J connectivity index is 2.01. The van der Waals surface area contributed by atoms with E-state index in [1.54, 1.807) is 35.5 Å². The molecule has 1 N–H and O–H groups in total. The van der Waals surface area contributed by atoms with Crippen molar-refractivity contribution < 1.29 is 9.59 Å². The van der Waals surface area contributed by atoms with E-state index in [0.717, 1.165) is 12.8 Å². The van der Waals surface area contributed by atoms with Gasteiger partial charge in [0.2, 0.25) is 5.91 Å². The standard InChI is InChI=1S/C18H20Cl2N2O2/c1-2-3-8-21-18(24)13-5-4-9-22(11-13)12-17(23)15-7-6-14(19)10-16(15)20/h4,6-7,9-11H,2-3,5,8,12H2,1H3,(H,21,24). The SMILES string of the molecule is CCCCNC(=O)C1=CN(CC(=O)c2ccc(Cl)cc2Cl)C=CC1. The van der Waals surface area contributed by atoms with Gasteiger partial charge in [0.1, 0.15) is 0 Å². The summed E-state index contributed by atoms with van der Waals surface area (Å²) in [6.07, 6.45) is 7.91. The second-order valence-electron chi connectivity index (χ2n) is 5.57. The molecule has 4 nitrogen and oxygen atoms in total. The zero-order chi connectivity index (χ0) is 17.5. The Labute approximate surface area is 152 Å². The molecule has 0 saturated heterocycles. The smallest absolute Gasteiger partial charge is 0.248 e. The first-order valence-corrected chi connectivity index (χ1v) is 8.66. The Hall–Kier alpha value is -1.78. The number of nitrogens with one attached hydrogen (secondary N) is 1. The molecule has 1 amide bonds. The van der Waals surface area contributed by atoms with Crippen LogP contribution in [0.1, 0.15) is 36.5 Å². The summed E-state index contributed by atoms with van der Waals surface area (Å²) in [5.74, 6) is -0.222. The zero-order valence-corrected chi connectivity index (χ0v) is 15.0. The molecule has 1 aromatic carbocycles. The van der Waals surface area contributed by atoms with E-state index in [0.29, 0.717) is 34.1 Å². The number of carbonyl (C=O) groups is 2. The maximum absolute atomic E-state index is 12.4. The van der Waals surface area contributed by atoms with Gasteiger partial charge in [-0.1, -0.05) is 42.6 Å². The number of allylic oxidation sites excluding steroid dienone is 1. The fourth-order valence-electron chi connectivity index (χ4n) is 2.32. The first-order valence-electron chi connectivity index (χ1n) is 7.90. The van der Waals surface area contributed by atoms with E-state index >= 15 is 0 Å². The van der Waals surface area contributed by atoms with Gasteiger partial charge in [0.25, 0.3) is 0 Å². The Morgan fingerprint density at radius 1 is 1.29 bits per heavy atom. The zero-order valence-electron chi connectivity index (χ0n) is 13.5. The number of Topliss-reactive ketones (excluding diaryl/α,β-unsaturated/α-hetero) is 1. The minimum Gasteiger partial charge on any atom is -0.352 e. The van der Waals surface area contributed by atoms with Gasteiger partial charge in [-0.15, -0.1) is 0 Å². The molecule has 1 aliphatic heterocycles. The molecule has 0 atom stereocenters. The molecule has 128 valence electrons. The minimum atomic E-state index is -0.134. The van der Waals surface area contributed by atoms with Gasteiger partial charge in [-0.3, -0.25) is 9.59 Å². The largest absolute Gasteiger partial charge is 0.352 e. The summed E-state index contributed by atoms with van der Waals surface area (Å²) in [6.45, 7) is 2.85. The van der Waals surface area contributed by atoms with Crippen LogP contribution in [0.25, 0.3) is 0 Å². The van der Waals surface area contributed by atoms with Gasteiger partial charge in [0.05, 0.1) is 11.6 Å². The number of ketones is 1. The third-order valence-electron chi connectivity index (χ3n) is 3.62. The lowest BCUT2D eigenvalue weighted by Crippen LogP contribution is -2.29. The van der Waals surface area contributed by atoms with Crippen LogP contribution in [0, 0.1) is 0 Å². The molecule has 1 aromatic rings. The molecule has 0 fully saturated rings. The number of nitrogens with zero attached hydrogens (tertiary/aromatic N) is 1. The average Bonchev–Trinajstić information content (AvgIpc) is 2.55. The number of carbonyl (C=O) groups excluding carboxylic acids is 2. The van der Waals surface area contributed by atoms with Gasteiger partial charge in [-0.2, -0.15) is 0 Å². The molecule has 2 rings (SSSR count). The molecule has 24 heavy (non-hydrogen) atoms. The summed E-state index contributed by atoms with van der Waals surface area (Å²) < 4.78 is 0. The van der Waals surface area contributed by atoms with E-state index in [1.807, 2.05) is 6.08 Å². The topological polar surface area (TPSA) is 49.4 Å². The Morgan fingerprint density at radius 3 is 2.79 bits per heavy atom. The van der Waals surface area contributed by atoms with Crippen molar-refractivity contribution >= 4 is 34.9 Å². The van der Waals surface area contributed by atoms with E-state index < -0.39 is 0 Å². The van der Waals surface area contributed by atoms with Crippen molar-refractivity contribution in [2.24, 2.45) is 0 Å². The van der Waals surface area contributed by atoms with Crippen molar-refractivity contribution in [3.05, 3.63) is 57.9 Å². The molecule has 6 heteroatoms. The summed E-state index contributed by atoms with van der Waals surface area (Å²) in [7, 11) is 0. The van der Waals surface area contributed by atoms with Crippen LogP contribution in [-0.4, -0.2) is 29.7 Å². The third kappa shape index (κ3) is 5.11. The van der Waals surface area contributed by atoms with Gasteiger partial charge < -0.3 is 10.2 Å². The maximum Gasteiger partial charge on any atom is 0.248 e. The molecular formula is C18H20Cl2N2O2. The normalized spacial score (nSPS) is 13.6. The Morgan fingerprint density at radius 2 is 2.08 bits per heavy atom. The van der Waals surface area contributed by atoms with Crippen molar-refractivity contribution in [3.8, 4) is 0 Å². The second-order valence-corrected chi connectivity index (χ2v) is 6.42. The predicted octanol–water partition coefficient (Wildman–Crippen LogP) is 4.20. The number of unbranched alkanes of at least 4 members (excludes halogenated alkanes) is 1. The van der Waals surface area contributed by atoms with E-state index in [-0.39, 0.29) is 18.2 Å². The highest BCUT2D eigenvalue weighted by Gasteiger charge is 2.17. The van der Waals surface area contributed by atoms with Crippen LogP contribution in [0.5, 0.6) is 0 Å². The maximum atomic E-state index is 12.4. The van der Waals surface area contributed by atoms with Crippen molar-refractivity contribution in [2.75, 3.05) is 13.1 Å². The molecule has 0 aromatic heterocycles. The number of hydrogen-bond donors (Lipinski definition) is 1. The summed E-state index contributed by atoms with van der Waals surface area (Å²) >= 11 is 11.9. The summed E-state index contributed by atoms with van der Waals surface area (Å²) in [4.78, 5) is 26.2. The van der Waals surface area contributed by atoms with Crippen LogP contribution in [-0.2, 0) is 4.79 Å². The van der Waals surface area contributed by atoms with E-state index in [9.17, 15) is 9.59 Å². The number of hydrogen-bond acceptors (Lipinski definition) is 3. The third-order valence-corrected chi connectivity index (χ3v) is 4.17. The number of halogens is 2. The van der Waals surface area contributed by atoms with E-state index in [4.69, 9.17) is 23.2 Å². The molecule has 0 saturated carbocycles. The molecule has 0 spiro atoms. The van der Waals surface area contributed by atoms with Gasteiger partial charge in [-0.25, -0.2) is 0 Å². The number of rotatable bonds is 7. The highest BCUT2D eigenvalue weighted by Crippen LogP contribution is 2.22. The highest BCUT2D eigenvalue weighted by atomic mass is 35.5. The van der Waals surface area contributed by atoms with Crippen LogP contribution in [0.2, 0.25) is 10.0 Å². The average molecular weight is 367 g/mol. The van der Waals surface area contributed by atoms with Crippen molar-refractivity contribution in [2.45, 2.75) is 26.2 Å². The Kier molecular flexibility index (Phi) is 6.88. The predicted molar refractivity (Wildman–Crippen MR) is 97.3 cm³/mol. The van der Waals surface area contributed by atoms with Gasteiger partial charge in [0.15, 0.2) is 5.78 Å².